The molecule has 1 N–H and O–H groups in total. The highest BCUT2D eigenvalue weighted by atomic mass is 35.5. The van der Waals surface area contributed by atoms with E-state index in [2.05, 4.69) is 14.6 Å². The van der Waals surface area contributed by atoms with Gasteiger partial charge in [0.05, 0.1) is 0 Å². The smallest absolute Gasteiger partial charge is 0.243 e. The fourth-order valence-electron chi connectivity index (χ4n) is 1.89. The SMILES string of the molecule is CN1CCC(NS(=O)(=O)c2cccnc2Cl)C1. The second kappa shape index (κ2) is 4.89. The summed E-state index contributed by atoms with van der Waals surface area (Å²) in [4.78, 5) is 5.89. The number of nitrogens with one attached hydrogen (secondary N) is 1. The molecule has 2 rings (SSSR count). The zero-order chi connectivity index (χ0) is 12.5. The molecular weight excluding hydrogens is 262 g/mol. The lowest BCUT2D eigenvalue weighted by atomic mass is 10.3. The van der Waals surface area contributed by atoms with Crippen molar-refractivity contribution in [2.24, 2.45) is 0 Å². The number of likely N-dealkylation sites (N-methyl/N-ethyl adjacent to an activating group) is 1. The van der Waals surface area contributed by atoms with E-state index in [0.717, 1.165) is 19.5 Å². The maximum atomic E-state index is 12.1. The number of sulfonamides is 1. The number of aromatic nitrogens is 1. The second-order valence-corrected chi connectivity index (χ2v) is 6.20. The molecule has 0 bridgehead atoms. The molecule has 1 saturated heterocycles. The van der Waals surface area contributed by atoms with E-state index >= 15 is 0 Å². The summed E-state index contributed by atoms with van der Waals surface area (Å²) in [5, 5.41) is 0.00588. The predicted molar refractivity (Wildman–Crippen MR) is 65.5 cm³/mol. The van der Waals surface area contributed by atoms with Gasteiger partial charge in [-0.2, -0.15) is 0 Å². The summed E-state index contributed by atoms with van der Waals surface area (Å²) in [5.74, 6) is 0. The van der Waals surface area contributed by atoms with Crippen molar-refractivity contribution in [3.8, 4) is 0 Å². The fraction of sp³-hybridized carbons (Fsp3) is 0.500. The summed E-state index contributed by atoms with van der Waals surface area (Å²) in [6.07, 6.45) is 2.28. The third-order valence-corrected chi connectivity index (χ3v) is 4.69. The number of hydrogen-bond acceptors (Lipinski definition) is 4. The Bertz CT molecular complexity index is 506. The van der Waals surface area contributed by atoms with Crippen LogP contribution in [0.1, 0.15) is 6.42 Å². The van der Waals surface area contributed by atoms with Crippen molar-refractivity contribution >= 4 is 21.6 Å². The lowest BCUT2D eigenvalue weighted by Crippen LogP contribution is -2.36. The Morgan fingerprint density at radius 3 is 2.94 bits per heavy atom. The van der Waals surface area contributed by atoms with E-state index in [4.69, 9.17) is 11.6 Å². The van der Waals surface area contributed by atoms with E-state index in [1.54, 1.807) is 6.07 Å². The first-order valence-corrected chi connectivity index (χ1v) is 7.16. The number of hydrogen-bond donors (Lipinski definition) is 1. The standard InChI is InChI=1S/C10H14ClN3O2S/c1-14-6-4-8(7-14)13-17(15,16)9-3-2-5-12-10(9)11/h2-3,5,8,13H,4,6-7H2,1H3. The van der Waals surface area contributed by atoms with Crippen LogP contribution < -0.4 is 4.72 Å². The van der Waals surface area contributed by atoms with Crippen molar-refractivity contribution in [1.82, 2.24) is 14.6 Å². The Kier molecular flexibility index (Phi) is 3.67. The minimum Gasteiger partial charge on any atom is -0.305 e. The van der Waals surface area contributed by atoms with Crippen molar-refractivity contribution < 1.29 is 8.42 Å². The summed E-state index contributed by atoms with van der Waals surface area (Å²) in [6.45, 7) is 1.62. The van der Waals surface area contributed by atoms with Gasteiger partial charge in [-0.05, 0) is 32.1 Å². The third-order valence-electron chi connectivity index (χ3n) is 2.73. The van der Waals surface area contributed by atoms with Gasteiger partial charge in [0.25, 0.3) is 0 Å². The minimum absolute atomic E-state index is 0.00588. The molecule has 0 amide bonds. The van der Waals surface area contributed by atoms with E-state index in [1.807, 2.05) is 7.05 Å². The maximum Gasteiger partial charge on any atom is 0.243 e. The van der Waals surface area contributed by atoms with Gasteiger partial charge in [-0.25, -0.2) is 18.1 Å². The summed E-state index contributed by atoms with van der Waals surface area (Å²) in [6, 6.07) is 2.96. The Morgan fingerprint density at radius 2 is 2.35 bits per heavy atom. The van der Waals surface area contributed by atoms with Gasteiger partial charge in [0.2, 0.25) is 10.0 Å². The molecule has 2 heterocycles. The zero-order valence-corrected chi connectivity index (χ0v) is 11.0. The van der Waals surface area contributed by atoms with Gasteiger partial charge in [0.15, 0.2) is 0 Å². The average Bonchev–Trinajstić information content (AvgIpc) is 2.63. The van der Waals surface area contributed by atoms with Crippen molar-refractivity contribution in [3.63, 3.8) is 0 Å². The van der Waals surface area contributed by atoms with E-state index < -0.39 is 10.0 Å². The van der Waals surface area contributed by atoms with Crippen LogP contribution in [-0.2, 0) is 10.0 Å². The van der Waals surface area contributed by atoms with Crippen molar-refractivity contribution in [1.29, 1.82) is 0 Å². The highest BCUT2D eigenvalue weighted by Crippen LogP contribution is 2.19. The molecule has 7 heteroatoms. The lowest BCUT2D eigenvalue weighted by molar-refractivity contribution is 0.407. The molecule has 1 unspecified atom stereocenters. The van der Waals surface area contributed by atoms with Crippen molar-refractivity contribution in [2.75, 3.05) is 20.1 Å². The first kappa shape index (κ1) is 12.8. The van der Waals surface area contributed by atoms with Crippen LogP contribution in [0.4, 0.5) is 0 Å². The number of pyridine rings is 1. The second-order valence-electron chi connectivity index (χ2n) is 4.16. The molecule has 0 aliphatic carbocycles. The molecule has 17 heavy (non-hydrogen) atoms. The van der Waals surface area contributed by atoms with Crippen molar-refractivity contribution in [3.05, 3.63) is 23.5 Å². The normalized spacial score (nSPS) is 21.9. The molecule has 1 aromatic heterocycles. The molecule has 0 spiro atoms. The first-order chi connectivity index (χ1) is 7.99. The summed E-state index contributed by atoms with van der Waals surface area (Å²) in [5.41, 5.74) is 0. The van der Waals surface area contributed by atoms with Crippen LogP contribution in [0.5, 0.6) is 0 Å². The molecule has 1 aromatic rings. The van der Waals surface area contributed by atoms with Crippen LogP contribution in [-0.4, -0.2) is 44.5 Å². The molecule has 1 atom stereocenters. The van der Waals surface area contributed by atoms with Crippen LogP contribution >= 0.6 is 11.6 Å². The molecule has 1 aliphatic heterocycles. The molecular formula is C10H14ClN3O2S. The number of rotatable bonds is 3. The summed E-state index contributed by atoms with van der Waals surface area (Å²) >= 11 is 5.78. The summed E-state index contributed by atoms with van der Waals surface area (Å²) in [7, 11) is -1.61. The van der Waals surface area contributed by atoms with Gasteiger partial charge in [0, 0.05) is 18.8 Å². The van der Waals surface area contributed by atoms with E-state index in [9.17, 15) is 8.42 Å². The maximum absolute atomic E-state index is 12.1. The number of halogens is 1. The minimum atomic E-state index is -3.57. The highest BCUT2D eigenvalue weighted by Gasteiger charge is 2.26. The quantitative estimate of drug-likeness (QED) is 0.826. The molecule has 1 fully saturated rings. The Hall–Kier alpha value is -0.690. The Morgan fingerprint density at radius 1 is 1.59 bits per heavy atom. The van der Waals surface area contributed by atoms with Gasteiger partial charge in [-0.15, -0.1) is 0 Å². The molecule has 0 aromatic carbocycles. The fourth-order valence-corrected chi connectivity index (χ4v) is 3.60. The molecule has 5 nitrogen and oxygen atoms in total. The van der Waals surface area contributed by atoms with Gasteiger partial charge < -0.3 is 4.90 Å². The zero-order valence-electron chi connectivity index (χ0n) is 9.43. The van der Waals surface area contributed by atoms with Crippen LogP contribution in [0.2, 0.25) is 5.15 Å². The first-order valence-electron chi connectivity index (χ1n) is 5.30. The molecule has 94 valence electrons. The topological polar surface area (TPSA) is 62.3 Å². The van der Waals surface area contributed by atoms with Gasteiger partial charge in [-0.3, -0.25) is 0 Å². The largest absolute Gasteiger partial charge is 0.305 e. The predicted octanol–water partition coefficient (Wildman–Crippen LogP) is 0.717. The van der Waals surface area contributed by atoms with Gasteiger partial charge in [0.1, 0.15) is 10.0 Å². The van der Waals surface area contributed by atoms with Crippen molar-refractivity contribution in [2.45, 2.75) is 17.4 Å². The van der Waals surface area contributed by atoms with E-state index in [-0.39, 0.29) is 16.1 Å². The summed E-state index contributed by atoms with van der Waals surface area (Å²) < 4.78 is 26.8. The number of likely N-dealkylation sites (tertiary alicyclic amines) is 1. The molecule has 0 radical (unpaired) electrons. The molecule has 1 aliphatic rings. The Labute approximate surface area is 106 Å². The number of nitrogens with zero attached hydrogens (tertiary/aromatic N) is 2. The highest BCUT2D eigenvalue weighted by molar-refractivity contribution is 7.89. The van der Waals surface area contributed by atoms with E-state index in [0.29, 0.717) is 0 Å². The Balaban J connectivity index is 2.17. The lowest BCUT2D eigenvalue weighted by Gasteiger charge is -2.13. The average molecular weight is 276 g/mol. The van der Waals surface area contributed by atoms with Crippen LogP contribution in [0.15, 0.2) is 23.2 Å². The van der Waals surface area contributed by atoms with Gasteiger partial charge in [-0.1, -0.05) is 11.6 Å². The van der Waals surface area contributed by atoms with Crippen LogP contribution in [0.3, 0.4) is 0 Å². The van der Waals surface area contributed by atoms with Gasteiger partial charge >= 0.3 is 0 Å². The van der Waals surface area contributed by atoms with Crippen LogP contribution in [0, 0.1) is 0 Å². The molecule has 0 saturated carbocycles. The van der Waals surface area contributed by atoms with E-state index in [1.165, 1.54) is 12.3 Å². The monoisotopic (exact) mass is 275 g/mol. The van der Waals surface area contributed by atoms with Crippen LogP contribution in [0.25, 0.3) is 0 Å². The third kappa shape index (κ3) is 2.95.